The fourth-order valence-electron chi connectivity index (χ4n) is 6.83. The molecule has 79 heavy (non-hydrogen) atoms. The highest BCUT2D eigenvalue weighted by Crippen LogP contribution is 2.29. The molecule has 0 saturated heterocycles. The van der Waals surface area contributed by atoms with Crippen LogP contribution in [-0.2, 0) is 24.5 Å². The average molecular weight is 1110 g/mol. The molecule has 26 nitrogen and oxygen atoms in total. The molecule has 0 unspecified atom stereocenters. The normalized spacial score (nSPS) is 11.1. The number of oxime groups is 3. The summed E-state index contributed by atoms with van der Waals surface area (Å²) in [5, 5.41) is 25.0. The highest BCUT2D eigenvalue weighted by Gasteiger charge is 2.18. The summed E-state index contributed by atoms with van der Waals surface area (Å²) in [4.78, 5) is 51.3. The molecule has 9 rings (SSSR count). The van der Waals surface area contributed by atoms with Crippen molar-refractivity contribution in [3.63, 3.8) is 0 Å². The van der Waals surface area contributed by atoms with Crippen LogP contribution in [0.1, 0.15) is 33.1 Å². The second-order valence-electron chi connectivity index (χ2n) is 16.1. The SMILES string of the molecule is CO/N=C/c1c(N)ncnc1Nc1ccc(Nc2ccc(OC)cc2)cc1.CO/N=C/c1c(N)ncnc1Nc1ccc(S(=O)(=O)Nc2ncc(C)nc2C)cc1.CO/N=C/c1c(N)ncnc1Nc1ccc2sc(C)nc2c1. The van der Waals surface area contributed by atoms with Crippen molar-refractivity contribution < 1.29 is 27.7 Å². The van der Waals surface area contributed by atoms with Crippen molar-refractivity contribution in [2.75, 3.05) is 71.6 Å². The minimum absolute atomic E-state index is 0.0678. The molecule has 0 aliphatic carbocycles. The van der Waals surface area contributed by atoms with Crippen LogP contribution >= 0.6 is 11.3 Å². The molecule has 0 atom stereocenters. The van der Waals surface area contributed by atoms with Gasteiger partial charge >= 0.3 is 0 Å². The number of fused-ring (bicyclic) bond motifs is 1. The number of methoxy groups -OCH3 is 1. The molecule has 5 heterocycles. The summed E-state index contributed by atoms with van der Waals surface area (Å²) >= 11 is 1.66. The molecule has 5 aromatic heterocycles. The first-order valence-electron chi connectivity index (χ1n) is 23.3. The van der Waals surface area contributed by atoms with Crippen LogP contribution in [0, 0.1) is 20.8 Å². The molecule has 0 spiro atoms. The molecule has 4 aromatic carbocycles. The Kier molecular flexibility index (Phi) is 19.2. The summed E-state index contributed by atoms with van der Waals surface area (Å²) in [7, 11) is 2.14. The summed E-state index contributed by atoms with van der Waals surface area (Å²) in [5.41, 5.74) is 25.5. The number of nitrogens with zero attached hydrogens (tertiary/aromatic N) is 12. The van der Waals surface area contributed by atoms with E-state index in [0.717, 1.165) is 43.7 Å². The summed E-state index contributed by atoms with van der Waals surface area (Å²) in [6.07, 6.45) is 9.91. The van der Waals surface area contributed by atoms with Crippen LogP contribution in [0.3, 0.4) is 0 Å². The van der Waals surface area contributed by atoms with Gasteiger partial charge < -0.3 is 57.7 Å². The van der Waals surface area contributed by atoms with Crippen LogP contribution in [0.5, 0.6) is 5.75 Å². The molecule has 0 aliphatic heterocycles. The third-order valence-corrected chi connectivity index (χ3v) is 12.9. The molecule has 0 amide bonds. The monoisotopic (exact) mass is 1110 g/mol. The van der Waals surface area contributed by atoms with Crippen LogP contribution in [0.15, 0.2) is 137 Å². The van der Waals surface area contributed by atoms with Gasteiger partial charge in [-0.05, 0) is 112 Å². The molecule has 0 bridgehead atoms. The second kappa shape index (κ2) is 26.9. The number of sulfonamides is 1. The topological polar surface area (TPSA) is 362 Å². The van der Waals surface area contributed by atoms with Crippen LogP contribution in [0.2, 0.25) is 0 Å². The number of thiazole rings is 1. The zero-order chi connectivity index (χ0) is 56.3. The Hall–Kier alpha value is -10.4. The van der Waals surface area contributed by atoms with E-state index >= 15 is 0 Å². The van der Waals surface area contributed by atoms with E-state index in [1.54, 1.807) is 44.4 Å². The van der Waals surface area contributed by atoms with Gasteiger partial charge in [0.25, 0.3) is 10.0 Å². The third kappa shape index (κ3) is 15.6. The van der Waals surface area contributed by atoms with E-state index in [-0.39, 0.29) is 16.5 Å². The first kappa shape index (κ1) is 56.4. The summed E-state index contributed by atoms with van der Waals surface area (Å²) < 4.78 is 34.1. The van der Waals surface area contributed by atoms with Crippen molar-refractivity contribution in [2.24, 2.45) is 15.5 Å². The van der Waals surface area contributed by atoms with E-state index in [0.29, 0.717) is 62.9 Å². The third-order valence-electron chi connectivity index (χ3n) is 10.6. The number of aromatic nitrogens is 9. The van der Waals surface area contributed by atoms with Crippen molar-refractivity contribution in [3.05, 3.63) is 149 Å². The number of aryl methyl sites for hydroxylation is 3. The van der Waals surface area contributed by atoms with Crippen LogP contribution in [-0.4, -0.2) is 100 Å². The van der Waals surface area contributed by atoms with Gasteiger partial charge in [0.2, 0.25) is 0 Å². The number of hydrogen-bond donors (Lipinski definition) is 8. The lowest BCUT2D eigenvalue weighted by atomic mass is 10.2. The fraction of sp³-hybridized carbons (Fsp3) is 0.137. The van der Waals surface area contributed by atoms with E-state index in [9.17, 15) is 8.42 Å². The molecular formula is C51H54N20O6S2. The van der Waals surface area contributed by atoms with Crippen LogP contribution in [0.4, 0.5) is 69.2 Å². The quantitative estimate of drug-likeness (QED) is 0.0296. The standard InChI is InChI=1S/C19H20N6O2.C18H20N8O3S.C14H14N6OS/c1-26-16-9-7-14(8-10-16)24-13-3-5-15(6-4-13)25-19-17(11-23-27-2)18(20)21-12-22-19;1-11-8-20-17(12(2)24-11)26-30(27,28)14-6-4-13(5-7-14)25-18-15(9-23-29-3)16(19)21-10-22-18;1-8-19-11-5-9(3-4-12(11)22-8)20-14-10(6-18-21-2)13(15)16-7-17-14/h3-12,24H,1-2H3,(H3,20,21,22,25);4-10H,1-3H3,(H,20,26)(H3,19,21,22,25);3-7H,1-2H3,(H3,15,16,17,20)/b23-11+;23-9+;18-6+. The highest BCUT2D eigenvalue weighted by atomic mass is 32.2. The molecule has 0 saturated carbocycles. The summed E-state index contributed by atoms with van der Waals surface area (Å²) in [5.74, 6) is 3.33. The Balaban J connectivity index is 0.000000173. The molecule has 0 aliphatic rings. The number of anilines is 12. The van der Waals surface area contributed by atoms with Gasteiger partial charge in [0.05, 0.1) is 80.1 Å². The summed E-state index contributed by atoms with van der Waals surface area (Å²) in [6.45, 7) is 5.45. The van der Waals surface area contributed by atoms with Gasteiger partial charge in [0, 0.05) is 28.4 Å². The van der Waals surface area contributed by atoms with E-state index < -0.39 is 10.0 Å². The molecule has 28 heteroatoms. The molecule has 9 aromatic rings. The molecule has 0 radical (unpaired) electrons. The van der Waals surface area contributed by atoms with Crippen molar-refractivity contribution in [3.8, 4) is 5.75 Å². The average Bonchev–Trinajstić information content (AvgIpc) is 3.88. The zero-order valence-corrected chi connectivity index (χ0v) is 45.2. The molecule has 11 N–H and O–H groups in total. The van der Waals surface area contributed by atoms with Gasteiger partial charge in [-0.1, -0.05) is 15.5 Å². The number of ether oxygens (including phenoxy) is 1. The van der Waals surface area contributed by atoms with Gasteiger partial charge in [-0.2, -0.15) is 0 Å². The lowest BCUT2D eigenvalue weighted by molar-refractivity contribution is 0.215. The van der Waals surface area contributed by atoms with Gasteiger partial charge in [-0.25, -0.2) is 48.3 Å². The van der Waals surface area contributed by atoms with E-state index in [4.69, 9.17) is 26.8 Å². The van der Waals surface area contributed by atoms with Crippen molar-refractivity contribution in [2.45, 2.75) is 25.7 Å². The fourth-order valence-corrected chi connectivity index (χ4v) is 8.71. The number of nitrogen functional groups attached to an aromatic ring is 3. The number of hydrogen-bond acceptors (Lipinski definition) is 26. The smallest absolute Gasteiger partial charge is 0.263 e. The predicted octanol–water partition coefficient (Wildman–Crippen LogP) is 8.23. The molecule has 406 valence electrons. The zero-order valence-electron chi connectivity index (χ0n) is 43.6. The number of nitrogens with one attached hydrogen (secondary N) is 5. The minimum atomic E-state index is -3.83. The van der Waals surface area contributed by atoms with Gasteiger partial charge in [0.15, 0.2) is 5.82 Å². The Morgan fingerprint density at radius 3 is 1.41 bits per heavy atom. The largest absolute Gasteiger partial charge is 0.497 e. The maximum absolute atomic E-state index is 12.7. The lowest BCUT2D eigenvalue weighted by Gasteiger charge is -2.12. The Labute approximate surface area is 457 Å². The number of benzene rings is 4. The van der Waals surface area contributed by atoms with Gasteiger partial charge in [-0.15, -0.1) is 11.3 Å². The van der Waals surface area contributed by atoms with Crippen molar-refractivity contribution in [1.29, 1.82) is 0 Å². The van der Waals surface area contributed by atoms with Gasteiger partial charge in [-0.3, -0.25) is 9.71 Å². The molecule has 0 fully saturated rings. The Morgan fingerprint density at radius 1 is 0.519 bits per heavy atom. The minimum Gasteiger partial charge on any atom is -0.497 e. The maximum Gasteiger partial charge on any atom is 0.263 e. The Morgan fingerprint density at radius 2 is 0.949 bits per heavy atom. The van der Waals surface area contributed by atoms with E-state index in [1.165, 1.54) is 77.3 Å². The maximum atomic E-state index is 12.7. The predicted molar refractivity (Wildman–Crippen MR) is 309 cm³/mol. The van der Waals surface area contributed by atoms with Crippen molar-refractivity contribution in [1.82, 2.24) is 44.9 Å². The number of nitrogens with two attached hydrogens (primary N) is 3. The van der Waals surface area contributed by atoms with E-state index in [1.807, 2.05) is 73.7 Å². The first-order valence-corrected chi connectivity index (χ1v) is 25.6. The van der Waals surface area contributed by atoms with Crippen LogP contribution in [0.25, 0.3) is 10.2 Å². The Bertz CT molecular complexity index is 3700. The molecular weight excluding hydrogens is 1050 g/mol. The van der Waals surface area contributed by atoms with E-state index in [2.05, 4.69) is 96.0 Å². The van der Waals surface area contributed by atoms with Gasteiger partial charge in [0.1, 0.15) is 81.0 Å². The second-order valence-corrected chi connectivity index (χ2v) is 19.0. The lowest BCUT2D eigenvalue weighted by Crippen LogP contribution is -2.15. The van der Waals surface area contributed by atoms with Crippen molar-refractivity contribution >= 4 is 119 Å². The number of rotatable bonds is 18. The highest BCUT2D eigenvalue weighted by molar-refractivity contribution is 7.92. The summed E-state index contributed by atoms with van der Waals surface area (Å²) in [6, 6.07) is 27.6. The first-order chi connectivity index (χ1) is 38.2. The van der Waals surface area contributed by atoms with Crippen LogP contribution < -0.4 is 47.9 Å².